The van der Waals surface area contributed by atoms with E-state index in [2.05, 4.69) is 86.8 Å². The van der Waals surface area contributed by atoms with Gasteiger partial charge in [-0.05, 0) is 64.2 Å². The molecule has 0 saturated heterocycles. The van der Waals surface area contributed by atoms with Crippen molar-refractivity contribution in [2.75, 3.05) is 19.8 Å². The van der Waals surface area contributed by atoms with Crippen molar-refractivity contribution in [3.8, 4) is 0 Å². The van der Waals surface area contributed by atoms with Crippen LogP contribution in [0.1, 0.15) is 142 Å². The summed E-state index contributed by atoms with van der Waals surface area (Å²) in [5, 5.41) is 9.45. The van der Waals surface area contributed by atoms with Gasteiger partial charge < -0.3 is 14.6 Å². The highest BCUT2D eigenvalue weighted by molar-refractivity contribution is 5.69. The number of carbonyl (C=O) groups is 1. The second-order valence-electron chi connectivity index (χ2n) is 11.2. The second kappa shape index (κ2) is 36.0. The number of allylic oxidation sites excluding steroid dienone is 12. The summed E-state index contributed by atoms with van der Waals surface area (Å²) in [6, 6.07) is 0. The van der Waals surface area contributed by atoms with E-state index >= 15 is 0 Å². The molecule has 0 saturated carbocycles. The average Bonchev–Trinajstić information content (AvgIpc) is 3.01. The third kappa shape index (κ3) is 34.2. The first-order chi connectivity index (χ1) is 21.2. The van der Waals surface area contributed by atoms with Crippen molar-refractivity contribution in [2.45, 2.75) is 148 Å². The fourth-order valence-electron chi connectivity index (χ4n) is 4.45. The first-order valence-electron chi connectivity index (χ1n) is 17.5. The minimum atomic E-state index is -0.538. The van der Waals surface area contributed by atoms with E-state index in [4.69, 9.17) is 9.47 Å². The van der Waals surface area contributed by atoms with E-state index in [-0.39, 0.29) is 19.2 Å². The van der Waals surface area contributed by atoms with E-state index in [0.717, 1.165) is 64.2 Å². The monoisotopic (exact) mass is 598 g/mol. The van der Waals surface area contributed by atoms with Gasteiger partial charge in [-0.1, -0.05) is 145 Å². The Morgan fingerprint density at radius 1 is 0.581 bits per heavy atom. The lowest BCUT2D eigenvalue weighted by Gasteiger charge is -2.15. The van der Waals surface area contributed by atoms with Crippen molar-refractivity contribution in [3.05, 3.63) is 72.9 Å². The summed E-state index contributed by atoms with van der Waals surface area (Å²) < 4.78 is 11.0. The van der Waals surface area contributed by atoms with Gasteiger partial charge in [0.1, 0.15) is 6.10 Å². The molecule has 0 fully saturated rings. The van der Waals surface area contributed by atoms with Crippen LogP contribution in [-0.4, -0.2) is 37.0 Å². The highest BCUT2D eigenvalue weighted by Crippen LogP contribution is 2.10. The maximum atomic E-state index is 11.9. The van der Waals surface area contributed by atoms with Gasteiger partial charge in [-0.2, -0.15) is 0 Å². The fraction of sp³-hybridized carbons (Fsp3) is 0.667. The summed E-state index contributed by atoms with van der Waals surface area (Å²) in [6.45, 7) is 5.10. The lowest BCUT2D eigenvalue weighted by Crippen LogP contribution is -2.27. The van der Waals surface area contributed by atoms with Crippen LogP contribution in [0.3, 0.4) is 0 Å². The van der Waals surface area contributed by atoms with Gasteiger partial charge in [0.25, 0.3) is 0 Å². The summed E-state index contributed by atoms with van der Waals surface area (Å²) in [4.78, 5) is 11.9. The van der Waals surface area contributed by atoms with Gasteiger partial charge in [0.05, 0.1) is 13.2 Å². The molecule has 4 heteroatoms. The number of hydrogen-bond donors (Lipinski definition) is 1. The molecule has 0 rings (SSSR count). The number of rotatable bonds is 31. The normalized spacial score (nSPS) is 13.3. The molecule has 0 aliphatic heterocycles. The van der Waals surface area contributed by atoms with Crippen LogP contribution in [0.2, 0.25) is 0 Å². The smallest absolute Gasteiger partial charge is 0.306 e. The van der Waals surface area contributed by atoms with Crippen molar-refractivity contribution in [1.29, 1.82) is 0 Å². The molecule has 1 unspecified atom stereocenters. The van der Waals surface area contributed by atoms with E-state index in [0.29, 0.717) is 13.0 Å². The number of unbranched alkanes of at least 4 members (excludes halogenated alkanes) is 11. The van der Waals surface area contributed by atoms with E-state index in [1.807, 2.05) is 0 Å². The predicted molar refractivity (Wildman–Crippen MR) is 186 cm³/mol. The third-order valence-electron chi connectivity index (χ3n) is 7.05. The molecule has 0 aliphatic rings. The molecule has 246 valence electrons. The second-order valence-corrected chi connectivity index (χ2v) is 11.2. The molecule has 0 aromatic rings. The summed E-state index contributed by atoms with van der Waals surface area (Å²) in [6.07, 6.45) is 48.3. The Bertz CT molecular complexity index is 759. The maximum absolute atomic E-state index is 11.9. The van der Waals surface area contributed by atoms with Crippen LogP contribution < -0.4 is 0 Å². The molecular formula is C39H66O4. The standard InChI is InChI=1S/C39H66O4/c1-3-5-7-9-10-11-12-13-14-15-16-17-18-19-20-21-22-23-24-25-26-27-28-29-31-33-35-42-37-38(36-40)43-39(41)34-32-30-8-6-4-2/h5,7,10-11,13-14,16-17,19-20,22-23,38,40H,3-4,6,8-9,12,15,18,21,24-37H2,1-2H3/b7-5-,11-10-,14-13-,17-16-,20-19-,23-22-. The Kier molecular flexibility index (Phi) is 34.2. The van der Waals surface area contributed by atoms with Crippen molar-refractivity contribution >= 4 is 5.97 Å². The lowest BCUT2D eigenvalue weighted by molar-refractivity contribution is -0.154. The van der Waals surface area contributed by atoms with Crippen molar-refractivity contribution in [2.24, 2.45) is 0 Å². The van der Waals surface area contributed by atoms with Crippen molar-refractivity contribution in [3.63, 3.8) is 0 Å². The van der Waals surface area contributed by atoms with Crippen LogP contribution in [0.25, 0.3) is 0 Å². The number of esters is 1. The Morgan fingerprint density at radius 2 is 1.05 bits per heavy atom. The molecule has 0 amide bonds. The van der Waals surface area contributed by atoms with Crippen LogP contribution in [0.4, 0.5) is 0 Å². The molecule has 0 aromatic heterocycles. The number of aliphatic hydroxyl groups excluding tert-OH is 1. The van der Waals surface area contributed by atoms with E-state index < -0.39 is 6.10 Å². The summed E-state index contributed by atoms with van der Waals surface area (Å²) in [5.74, 6) is -0.222. The third-order valence-corrected chi connectivity index (χ3v) is 7.05. The number of aliphatic hydroxyl groups is 1. The van der Waals surface area contributed by atoms with Crippen LogP contribution >= 0.6 is 0 Å². The molecule has 1 N–H and O–H groups in total. The van der Waals surface area contributed by atoms with E-state index in [1.165, 1.54) is 57.8 Å². The van der Waals surface area contributed by atoms with Gasteiger partial charge in [-0.25, -0.2) is 0 Å². The summed E-state index contributed by atoms with van der Waals surface area (Å²) >= 11 is 0. The minimum Gasteiger partial charge on any atom is -0.457 e. The van der Waals surface area contributed by atoms with Crippen LogP contribution in [0, 0.1) is 0 Å². The Balaban J connectivity index is 3.49. The highest BCUT2D eigenvalue weighted by Gasteiger charge is 2.13. The number of carbonyl (C=O) groups excluding carboxylic acids is 1. The van der Waals surface area contributed by atoms with E-state index in [9.17, 15) is 9.90 Å². The molecule has 0 aliphatic carbocycles. The first-order valence-corrected chi connectivity index (χ1v) is 17.5. The quantitative estimate of drug-likeness (QED) is 0.0490. The van der Waals surface area contributed by atoms with Crippen LogP contribution in [0.15, 0.2) is 72.9 Å². The van der Waals surface area contributed by atoms with Gasteiger partial charge in [-0.3, -0.25) is 4.79 Å². The zero-order valence-electron chi connectivity index (χ0n) is 27.9. The van der Waals surface area contributed by atoms with E-state index in [1.54, 1.807) is 0 Å². The maximum Gasteiger partial charge on any atom is 0.306 e. The molecule has 0 spiro atoms. The zero-order valence-corrected chi connectivity index (χ0v) is 27.9. The first kappa shape index (κ1) is 40.8. The molecule has 0 aromatic carbocycles. The minimum absolute atomic E-state index is 0.180. The summed E-state index contributed by atoms with van der Waals surface area (Å²) in [5.41, 5.74) is 0. The largest absolute Gasteiger partial charge is 0.457 e. The molecule has 43 heavy (non-hydrogen) atoms. The predicted octanol–water partition coefficient (Wildman–Crippen LogP) is 11.1. The summed E-state index contributed by atoms with van der Waals surface area (Å²) in [7, 11) is 0. The molecular weight excluding hydrogens is 532 g/mol. The lowest BCUT2D eigenvalue weighted by atomic mass is 10.1. The SMILES string of the molecule is CC/C=C\C/C=C\C/C=C\C/C=C\C/C=C\C/C=C\CCCCCCCCCOCC(CO)OC(=O)CCCCCCC. The fourth-order valence-corrected chi connectivity index (χ4v) is 4.45. The average molecular weight is 599 g/mol. The Labute approximate surface area is 266 Å². The Hall–Kier alpha value is -2.17. The molecule has 4 nitrogen and oxygen atoms in total. The zero-order chi connectivity index (χ0) is 31.3. The topological polar surface area (TPSA) is 55.8 Å². The van der Waals surface area contributed by atoms with Gasteiger partial charge in [0.2, 0.25) is 0 Å². The van der Waals surface area contributed by atoms with Crippen LogP contribution in [-0.2, 0) is 14.3 Å². The Morgan fingerprint density at radius 3 is 1.58 bits per heavy atom. The van der Waals surface area contributed by atoms with Gasteiger partial charge >= 0.3 is 5.97 Å². The van der Waals surface area contributed by atoms with Gasteiger partial charge in [0, 0.05) is 13.0 Å². The van der Waals surface area contributed by atoms with Gasteiger partial charge in [0.15, 0.2) is 0 Å². The highest BCUT2D eigenvalue weighted by atomic mass is 16.6. The van der Waals surface area contributed by atoms with Gasteiger partial charge in [-0.15, -0.1) is 0 Å². The van der Waals surface area contributed by atoms with Crippen LogP contribution in [0.5, 0.6) is 0 Å². The number of hydrogen-bond acceptors (Lipinski definition) is 4. The molecule has 0 radical (unpaired) electrons. The van der Waals surface area contributed by atoms with Crippen molar-refractivity contribution in [1.82, 2.24) is 0 Å². The van der Waals surface area contributed by atoms with Crippen molar-refractivity contribution < 1.29 is 19.4 Å². The molecule has 0 heterocycles. The molecule has 0 bridgehead atoms. The number of ether oxygens (including phenoxy) is 2. The molecule has 1 atom stereocenters.